The number of aliphatic hydroxyl groups is 1. The second kappa shape index (κ2) is 15.1. The van der Waals surface area contributed by atoms with Gasteiger partial charge < -0.3 is 34.6 Å². The number of hydrogen-bond donors (Lipinski definition) is 3. The van der Waals surface area contributed by atoms with Gasteiger partial charge in [0.25, 0.3) is 5.91 Å². The molecule has 2 amide bonds. The smallest absolute Gasteiger partial charge is 0.335 e. The minimum Gasteiger partial charge on any atom is -0.493 e. The van der Waals surface area contributed by atoms with Crippen molar-refractivity contribution < 1.29 is 82.9 Å². The Labute approximate surface area is 297 Å². The standard InChI is InChI=1S/C32H35ClN2O8.Ac/c1-18-13-19(31(39)40)9-11-23(18)34-27(37)15-26-30(38)35(16-32(2,3)17-36)24-12-10-20(33)14-22(24)28(43-26)21-7-6-8-25(41-4)29(21)42-5;/h6-14,26,28,36H,15-17H2,1-5H3,(H,34,37)(H,39,40);/t26-,28-;/m1./s1. The summed E-state index contributed by atoms with van der Waals surface area (Å²) in [7, 11) is 3.02. The van der Waals surface area contributed by atoms with Crippen LogP contribution in [0.3, 0.4) is 0 Å². The molecule has 231 valence electrons. The molecule has 0 fully saturated rings. The van der Waals surface area contributed by atoms with Crippen LogP contribution in [-0.2, 0) is 14.3 Å². The van der Waals surface area contributed by atoms with Crippen LogP contribution >= 0.6 is 11.6 Å². The summed E-state index contributed by atoms with van der Waals surface area (Å²) in [5.41, 5.74) is 2.02. The molecular formula is C32H35AcClN2O8. The number of aromatic carboxylic acids is 1. The van der Waals surface area contributed by atoms with Gasteiger partial charge >= 0.3 is 5.97 Å². The monoisotopic (exact) mass is 837 g/mol. The Balaban J connectivity index is 0.00000529. The number of fused-ring (bicyclic) bond motifs is 1. The molecule has 0 saturated carbocycles. The van der Waals surface area contributed by atoms with Crippen LogP contribution in [0, 0.1) is 56.4 Å². The molecule has 4 rings (SSSR count). The maximum absolute atomic E-state index is 14.2. The van der Waals surface area contributed by atoms with Crippen molar-refractivity contribution in [3.8, 4) is 11.5 Å². The summed E-state index contributed by atoms with van der Waals surface area (Å²) in [6, 6.07) is 14.8. The topological polar surface area (TPSA) is 135 Å². The summed E-state index contributed by atoms with van der Waals surface area (Å²) in [4.78, 5) is 40.4. The minimum atomic E-state index is -1.25. The predicted octanol–water partition coefficient (Wildman–Crippen LogP) is 5.23. The van der Waals surface area contributed by atoms with Gasteiger partial charge in [0.15, 0.2) is 11.5 Å². The van der Waals surface area contributed by atoms with E-state index >= 15 is 0 Å². The molecule has 0 spiro atoms. The van der Waals surface area contributed by atoms with Crippen LogP contribution in [0.15, 0.2) is 54.6 Å². The van der Waals surface area contributed by atoms with E-state index in [1.54, 1.807) is 43.3 Å². The van der Waals surface area contributed by atoms with Crippen LogP contribution in [0.1, 0.15) is 53.4 Å². The third-order valence-electron chi connectivity index (χ3n) is 7.25. The molecule has 2 atom stereocenters. The average Bonchev–Trinajstić information content (AvgIpc) is 3.07. The summed E-state index contributed by atoms with van der Waals surface area (Å²) in [5, 5.41) is 22.5. The average molecular weight is 838 g/mol. The van der Waals surface area contributed by atoms with E-state index in [0.29, 0.717) is 44.6 Å². The van der Waals surface area contributed by atoms with Crippen LogP contribution in [0.25, 0.3) is 0 Å². The van der Waals surface area contributed by atoms with Gasteiger partial charge in [-0.3, -0.25) is 9.59 Å². The maximum atomic E-state index is 14.2. The minimum absolute atomic E-state index is 0. The zero-order valence-corrected chi connectivity index (χ0v) is 30.7. The number of ether oxygens (including phenoxy) is 3. The molecule has 0 unspecified atom stereocenters. The van der Waals surface area contributed by atoms with Crippen molar-refractivity contribution in [1.29, 1.82) is 0 Å². The molecule has 1 aliphatic rings. The van der Waals surface area contributed by atoms with Gasteiger partial charge in [-0.1, -0.05) is 37.6 Å². The summed E-state index contributed by atoms with van der Waals surface area (Å²) < 4.78 is 17.7. The number of rotatable bonds is 10. The van der Waals surface area contributed by atoms with Crippen molar-refractivity contribution in [3.63, 3.8) is 0 Å². The number of anilines is 2. The zero-order chi connectivity index (χ0) is 31.5. The Morgan fingerprint density at radius 2 is 1.80 bits per heavy atom. The van der Waals surface area contributed by atoms with E-state index < -0.39 is 35.4 Å². The molecule has 0 aliphatic carbocycles. The van der Waals surface area contributed by atoms with E-state index in [-0.39, 0.29) is 69.2 Å². The zero-order valence-electron chi connectivity index (χ0n) is 25.2. The summed E-state index contributed by atoms with van der Waals surface area (Å²) >= 11 is 6.46. The number of hydrogen-bond acceptors (Lipinski definition) is 7. The number of halogens is 1. The first kappa shape index (κ1) is 35.8. The number of carboxylic acids is 1. The number of carbonyl (C=O) groups excluding carboxylic acids is 2. The number of carbonyl (C=O) groups is 3. The van der Waals surface area contributed by atoms with Crippen LogP contribution < -0.4 is 19.7 Å². The van der Waals surface area contributed by atoms with Gasteiger partial charge in [-0.25, -0.2) is 4.79 Å². The number of nitrogens with one attached hydrogen (secondary N) is 1. The first-order chi connectivity index (χ1) is 20.4. The third kappa shape index (κ3) is 7.93. The summed E-state index contributed by atoms with van der Waals surface area (Å²) in [5.74, 6) is -1.21. The van der Waals surface area contributed by atoms with Crippen molar-refractivity contribution in [2.24, 2.45) is 5.41 Å². The number of nitrogens with zero attached hydrogens (tertiary/aromatic N) is 1. The van der Waals surface area contributed by atoms with Gasteiger partial charge in [-0.2, -0.15) is 0 Å². The molecule has 0 saturated heterocycles. The maximum Gasteiger partial charge on any atom is 0.335 e. The van der Waals surface area contributed by atoms with E-state index in [1.807, 2.05) is 13.8 Å². The van der Waals surface area contributed by atoms with Crippen molar-refractivity contribution in [2.75, 3.05) is 37.6 Å². The van der Waals surface area contributed by atoms with Crippen molar-refractivity contribution in [2.45, 2.75) is 39.4 Å². The number of benzene rings is 3. The van der Waals surface area contributed by atoms with E-state index in [0.717, 1.165) is 0 Å². The molecule has 1 heterocycles. The van der Waals surface area contributed by atoms with E-state index in [2.05, 4.69) is 5.32 Å². The second-order valence-corrected chi connectivity index (χ2v) is 11.6. The van der Waals surface area contributed by atoms with Gasteiger partial charge in [0.05, 0.1) is 26.2 Å². The number of aliphatic hydroxyl groups excluding tert-OH is 1. The van der Waals surface area contributed by atoms with Crippen LogP contribution in [-0.4, -0.2) is 61.5 Å². The van der Waals surface area contributed by atoms with Gasteiger partial charge in [-0.05, 0) is 55.0 Å². The number of carboxylic acid groups (broad SMARTS) is 1. The Bertz CT molecular complexity index is 1550. The Morgan fingerprint density at radius 3 is 2.41 bits per heavy atom. The molecule has 1 aliphatic heterocycles. The number of para-hydroxylation sites is 1. The van der Waals surface area contributed by atoms with Crippen LogP contribution in [0.5, 0.6) is 11.5 Å². The summed E-state index contributed by atoms with van der Waals surface area (Å²) in [6.07, 6.45) is -2.49. The molecule has 44 heavy (non-hydrogen) atoms. The fourth-order valence-corrected chi connectivity index (χ4v) is 5.19. The normalized spacial score (nSPS) is 16.3. The SMILES string of the molecule is COc1cccc([C@H]2O[C@H](CC(=O)Nc3ccc(C(=O)O)cc3C)C(=O)N(CC(C)(C)CO)c3ccc(Cl)cc32)c1OC.[Ac]. The number of aryl methyl sites for hydroxylation is 1. The Hall–Kier alpha value is -2.68. The van der Waals surface area contributed by atoms with E-state index in [1.165, 1.54) is 37.3 Å². The van der Waals surface area contributed by atoms with Gasteiger partial charge in [0, 0.05) is 90.2 Å². The van der Waals surface area contributed by atoms with E-state index in [9.17, 15) is 24.6 Å². The molecule has 12 heteroatoms. The largest absolute Gasteiger partial charge is 0.493 e. The molecule has 10 nitrogen and oxygen atoms in total. The third-order valence-corrected chi connectivity index (χ3v) is 7.49. The molecule has 3 N–H and O–H groups in total. The quantitative estimate of drug-likeness (QED) is 0.253. The first-order valence-electron chi connectivity index (χ1n) is 13.6. The fraction of sp³-hybridized carbons (Fsp3) is 0.344. The molecule has 0 aromatic heterocycles. The van der Waals surface area contributed by atoms with Crippen LogP contribution in [0.4, 0.5) is 11.4 Å². The summed E-state index contributed by atoms with van der Waals surface area (Å²) in [6.45, 7) is 5.28. The van der Waals surface area contributed by atoms with Gasteiger partial charge in [0.1, 0.15) is 12.2 Å². The van der Waals surface area contributed by atoms with Gasteiger partial charge in [0.2, 0.25) is 5.91 Å². The van der Waals surface area contributed by atoms with Crippen molar-refractivity contribution in [3.05, 3.63) is 81.9 Å². The molecule has 1 radical (unpaired) electrons. The Morgan fingerprint density at radius 1 is 1.07 bits per heavy atom. The fourth-order valence-electron chi connectivity index (χ4n) is 5.01. The van der Waals surface area contributed by atoms with Crippen molar-refractivity contribution in [1.82, 2.24) is 0 Å². The van der Waals surface area contributed by atoms with Gasteiger partial charge in [-0.15, -0.1) is 0 Å². The number of amides is 2. The molecular weight excluding hydrogens is 803 g/mol. The first-order valence-corrected chi connectivity index (χ1v) is 14.0. The van der Waals surface area contributed by atoms with Crippen molar-refractivity contribution >= 4 is 40.8 Å². The predicted molar refractivity (Wildman–Crippen MR) is 162 cm³/mol. The molecule has 3 aromatic rings. The Kier molecular flexibility index (Phi) is 12.3. The molecule has 0 bridgehead atoms. The van der Waals surface area contributed by atoms with E-state index in [4.69, 9.17) is 25.8 Å². The second-order valence-electron chi connectivity index (χ2n) is 11.1. The number of methoxy groups -OCH3 is 2. The van der Waals surface area contributed by atoms with Crippen LogP contribution in [0.2, 0.25) is 5.02 Å². The molecule has 3 aromatic carbocycles.